The molecule has 17 heavy (non-hydrogen) atoms. The van der Waals surface area contributed by atoms with Crippen molar-refractivity contribution in [3.8, 4) is 5.75 Å². The summed E-state index contributed by atoms with van der Waals surface area (Å²) in [5.41, 5.74) is 6.06. The van der Waals surface area contributed by atoms with Crippen LogP contribution in [-0.2, 0) is 4.74 Å². The van der Waals surface area contributed by atoms with Crippen molar-refractivity contribution in [2.45, 2.75) is 26.4 Å². The summed E-state index contributed by atoms with van der Waals surface area (Å²) in [4.78, 5) is 0. The third-order valence-corrected chi connectivity index (χ3v) is 2.49. The van der Waals surface area contributed by atoms with Crippen molar-refractivity contribution in [1.82, 2.24) is 0 Å². The molecule has 4 nitrogen and oxygen atoms in total. The Hall–Kier alpha value is -1.55. The highest BCUT2D eigenvalue weighted by atomic mass is 16.5. The fourth-order valence-corrected chi connectivity index (χ4v) is 1.26. The minimum atomic E-state index is 0.0663. The van der Waals surface area contributed by atoms with Gasteiger partial charge in [0.15, 0.2) is 0 Å². The molecule has 0 spiro atoms. The summed E-state index contributed by atoms with van der Waals surface area (Å²) < 4.78 is 11.0. The third-order valence-electron chi connectivity index (χ3n) is 2.49. The van der Waals surface area contributed by atoms with Gasteiger partial charge in [-0.1, -0.05) is 6.92 Å². The van der Waals surface area contributed by atoms with E-state index in [0.29, 0.717) is 18.8 Å². The Morgan fingerprint density at radius 2 is 1.94 bits per heavy atom. The molecule has 0 saturated heterocycles. The van der Waals surface area contributed by atoms with Crippen molar-refractivity contribution in [2.24, 2.45) is 5.73 Å². The largest absolute Gasteiger partial charge is 0.491 e. The van der Waals surface area contributed by atoms with E-state index in [1.54, 1.807) is 24.3 Å². The van der Waals surface area contributed by atoms with Crippen LogP contribution < -0.4 is 10.5 Å². The molecule has 0 bridgehead atoms. The van der Waals surface area contributed by atoms with Crippen LogP contribution in [-0.4, -0.2) is 25.2 Å². The molecule has 1 unspecified atom stereocenters. The zero-order chi connectivity index (χ0) is 12.7. The molecule has 1 aromatic carbocycles. The van der Waals surface area contributed by atoms with Crippen LogP contribution in [0.25, 0.3) is 0 Å². The first-order chi connectivity index (χ1) is 8.13. The lowest BCUT2D eigenvalue weighted by Gasteiger charge is -2.11. The van der Waals surface area contributed by atoms with Crippen molar-refractivity contribution >= 4 is 5.84 Å². The third kappa shape index (κ3) is 4.87. The van der Waals surface area contributed by atoms with Crippen LogP contribution in [0, 0.1) is 5.41 Å². The summed E-state index contributed by atoms with van der Waals surface area (Å²) in [7, 11) is 0. The lowest BCUT2D eigenvalue weighted by Crippen LogP contribution is -2.13. The molecule has 1 aromatic rings. The molecule has 0 saturated carbocycles. The van der Waals surface area contributed by atoms with Gasteiger partial charge in [0, 0.05) is 5.56 Å². The number of nitrogens with one attached hydrogen (secondary N) is 1. The van der Waals surface area contributed by atoms with Gasteiger partial charge in [-0.2, -0.15) is 0 Å². The molecule has 1 rings (SSSR count). The second kappa shape index (κ2) is 6.91. The SMILES string of the molecule is CCC(C)OCCOc1ccc(C(=N)N)cc1. The van der Waals surface area contributed by atoms with E-state index in [1.165, 1.54) is 0 Å². The number of nitrogen functional groups attached to an aromatic ring is 1. The quantitative estimate of drug-likeness (QED) is 0.433. The number of nitrogens with two attached hydrogens (primary N) is 1. The Kier molecular flexibility index (Phi) is 5.49. The molecule has 0 heterocycles. The van der Waals surface area contributed by atoms with Crippen LogP contribution in [0.2, 0.25) is 0 Å². The minimum Gasteiger partial charge on any atom is -0.491 e. The molecule has 0 amide bonds. The normalized spacial score (nSPS) is 12.1. The van der Waals surface area contributed by atoms with Crippen molar-refractivity contribution in [3.63, 3.8) is 0 Å². The van der Waals surface area contributed by atoms with Gasteiger partial charge in [-0.05, 0) is 37.6 Å². The van der Waals surface area contributed by atoms with E-state index in [9.17, 15) is 0 Å². The summed E-state index contributed by atoms with van der Waals surface area (Å²) in [6, 6.07) is 7.15. The Morgan fingerprint density at radius 1 is 1.29 bits per heavy atom. The standard InChI is InChI=1S/C13H20N2O2/c1-3-10(2)16-8-9-17-12-6-4-11(5-7-12)13(14)15/h4-7,10H,3,8-9H2,1-2H3,(H3,14,15). The Bertz CT molecular complexity index is 349. The van der Waals surface area contributed by atoms with E-state index in [0.717, 1.165) is 12.2 Å². The molecule has 0 aromatic heterocycles. The van der Waals surface area contributed by atoms with E-state index >= 15 is 0 Å². The second-order valence-corrected chi connectivity index (χ2v) is 3.88. The van der Waals surface area contributed by atoms with Crippen molar-refractivity contribution < 1.29 is 9.47 Å². The lowest BCUT2D eigenvalue weighted by molar-refractivity contribution is 0.0427. The number of ether oxygens (including phenoxy) is 2. The molecule has 94 valence electrons. The first-order valence-corrected chi connectivity index (χ1v) is 5.82. The maximum atomic E-state index is 7.26. The molecule has 0 aliphatic heterocycles. The van der Waals surface area contributed by atoms with Crippen LogP contribution in [0.3, 0.4) is 0 Å². The number of amidine groups is 1. The first-order valence-electron chi connectivity index (χ1n) is 5.82. The molecule has 0 aliphatic carbocycles. The average molecular weight is 236 g/mol. The topological polar surface area (TPSA) is 68.3 Å². The van der Waals surface area contributed by atoms with Crippen LogP contribution in [0.5, 0.6) is 5.75 Å². The fraction of sp³-hybridized carbons (Fsp3) is 0.462. The highest BCUT2D eigenvalue weighted by Crippen LogP contribution is 2.11. The van der Waals surface area contributed by atoms with Crippen molar-refractivity contribution in [3.05, 3.63) is 29.8 Å². The number of hydrogen-bond donors (Lipinski definition) is 2. The summed E-state index contributed by atoms with van der Waals surface area (Å²) in [6.45, 7) is 5.25. The summed E-state index contributed by atoms with van der Waals surface area (Å²) in [5, 5.41) is 7.26. The summed E-state index contributed by atoms with van der Waals surface area (Å²) in [5.74, 6) is 0.833. The second-order valence-electron chi connectivity index (χ2n) is 3.88. The van der Waals surface area contributed by atoms with Gasteiger partial charge >= 0.3 is 0 Å². The maximum Gasteiger partial charge on any atom is 0.122 e. The molecule has 0 radical (unpaired) electrons. The molecular formula is C13H20N2O2. The molecule has 0 fully saturated rings. The first kappa shape index (κ1) is 13.5. The van der Waals surface area contributed by atoms with Gasteiger partial charge < -0.3 is 15.2 Å². The summed E-state index contributed by atoms with van der Waals surface area (Å²) in [6.07, 6.45) is 1.28. The molecule has 0 aliphatic rings. The van der Waals surface area contributed by atoms with Crippen LogP contribution in [0.15, 0.2) is 24.3 Å². The summed E-state index contributed by atoms with van der Waals surface area (Å²) >= 11 is 0. The van der Waals surface area contributed by atoms with Gasteiger partial charge in [0.2, 0.25) is 0 Å². The monoisotopic (exact) mass is 236 g/mol. The van der Waals surface area contributed by atoms with Gasteiger partial charge in [0.05, 0.1) is 12.7 Å². The van der Waals surface area contributed by atoms with E-state index in [4.69, 9.17) is 20.6 Å². The Balaban J connectivity index is 2.30. The molecule has 1 atom stereocenters. The maximum absolute atomic E-state index is 7.26. The smallest absolute Gasteiger partial charge is 0.122 e. The number of benzene rings is 1. The van der Waals surface area contributed by atoms with Crippen LogP contribution >= 0.6 is 0 Å². The predicted octanol–water partition coefficient (Wildman–Crippen LogP) is 2.16. The van der Waals surface area contributed by atoms with E-state index in [2.05, 4.69) is 6.92 Å². The fourth-order valence-electron chi connectivity index (χ4n) is 1.26. The molecule has 4 heteroatoms. The predicted molar refractivity (Wildman–Crippen MR) is 68.7 cm³/mol. The Labute approximate surface area is 102 Å². The van der Waals surface area contributed by atoms with E-state index < -0.39 is 0 Å². The van der Waals surface area contributed by atoms with Gasteiger partial charge in [0.25, 0.3) is 0 Å². The van der Waals surface area contributed by atoms with E-state index in [1.807, 2.05) is 6.92 Å². The zero-order valence-electron chi connectivity index (χ0n) is 10.4. The lowest BCUT2D eigenvalue weighted by atomic mass is 10.2. The van der Waals surface area contributed by atoms with Gasteiger partial charge in [0.1, 0.15) is 18.2 Å². The van der Waals surface area contributed by atoms with Crippen molar-refractivity contribution in [2.75, 3.05) is 13.2 Å². The Morgan fingerprint density at radius 3 is 2.47 bits per heavy atom. The molecule has 3 N–H and O–H groups in total. The van der Waals surface area contributed by atoms with E-state index in [-0.39, 0.29) is 11.9 Å². The van der Waals surface area contributed by atoms with Gasteiger partial charge in [-0.25, -0.2) is 0 Å². The van der Waals surface area contributed by atoms with Gasteiger partial charge in [-0.15, -0.1) is 0 Å². The molecular weight excluding hydrogens is 216 g/mol. The number of rotatable bonds is 7. The average Bonchev–Trinajstić information content (AvgIpc) is 2.34. The minimum absolute atomic E-state index is 0.0663. The van der Waals surface area contributed by atoms with Crippen LogP contribution in [0.4, 0.5) is 0 Å². The highest BCUT2D eigenvalue weighted by Gasteiger charge is 1.99. The van der Waals surface area contributed by atoms with Crippen LogP contribution in [0.1, 0.15) is 25.8 Å². The number of hydrogen-bond acceptors (Lipinski definition) is 3. The highest BCUT2D eigenvalue weighted by molar-refractivity contribution is 5.94. The van der Waals surface area contributed by atoms with Gasteiger partial charge in [-0.3, -0.25) is 5.41 Å². The zero-order valence-corrected chi connectivity index (χ0v) is 10.4. The van der Waals surface area contributed by atoms with Crippen molar-refractivity contribution in [1.29, 1.82) is 5.41 Å².